The zero-order valence-corrected chi connectivity index (χ0v) is 19.9. The van der Waals surface area contributed by atoms with Gasteiger partial charge in [0.2, 0.25) is 15.1 Å². The van der Waals surface area contributed by atoms with Crippen LogP contribution in [0.3, 0.4) is 0 Å². The molecule has 0 saturated carbocycles. The number of hydrogen-bond donors (Lipinski definition) is 2. The van der Waals surface area contributed by atoms with Crippen LogP contribution in [0.4, 0.5) is 11.5 Å². The van der Waals surface area contributed by atoms with E-state index in [1.165, 1.54) is 11.3 Å². The molecule has 3 N–H and O–H groups in total. The molecule has 0 aliphatic carbocycles. The van der Waals surface area contributed by atoms with Crippen LogP contribution < -0.4 is 15.2 Å². The van der Waals surface area contributed by atoms with Crippen molar-refractivity contribution in [3.63, 3.8) is 0 Å². The van der Waals surface area contributed by atoms with Gasteiger partial charge in [0.1, 0.15) is 17.3 Å². The Hall–Kier alpha value is -3.27. The van der Waals surface area contributed by atoms with Crippen LogP contribution in [-0.2, 0) is 16.4 Å². The Bertz CT molecular complexity index is 1360. The van der Waals surface area contributed by atoms with Crippen LogP contribution in [0, 0.1) is 0 Å². The lowest BCUT2D eigenvalue weighted by molar-refractivity contribution is 0.496. The van der Waals surface area contributed by atoms with Crippen molar-refractivity contribution in [3.8, 4) is 22.1 Å². The first-order valence-electron chi connectivity index (χ1n) is 10.4. The molecular formula is C24H24N4O3S2. The Morgan fingerprint density at radius 2 is 1.88 bits per heavy atom. The number of aryl methyl sites for hydroxylation is 1. The average Bonchev–Trinajstić information content (AvgIpc) is 3.22. The number of benzene rings is 2. The number of nitrogens with one attached hydrogen (secondary N) is 1. The molecule has 0 saturated heterocycles. The molecule has 4 rings (SSSR count). The van der Waals surface area contributed by atoms with Crippen molar-refractivity contribution in [1.29, 1.82) is 0 Å². The summed E-state index contributed by atoms with van der Waals surface area (Å²) >= 11 is 1.52. The number of rotatable bonds is 8. The van der Waals surface area contributed by atoms with Crippen LogP contribution in [0.5, 0.6) is 10.8 Å². The number of sulfonamides is 1. The van der Waals surface area contributed by atoms with Gasteiger partial charge >= 0.3 is 0 Å². The van der Waals surface area contributed by atoms with Gasteiger partial charge in [-0.05, 0) is 37.1 Å². The first kappa shape index (κ1) is 22.9. The second-order valence-corrected chi connectivity index (χ2v) is 10.4. The normalized spacial score (nSPS) is 12.3. The summed E-state index contributed by atoms with van der Waals surface area (Å²) in [4.78, 5) is 9.09. The number of thiazole rings is 1. The number of pyridine rings is 1. The SMILES string of the molecule is CCc1nc(-c2ccccc2)c(Oc2ccnc(Nc3cccc(C(C)S(N)(=O)=O)c3)c2)s1. The molecule has 7 nitrogen and oxygen atoms in total. The fraction of sp³-hybridized carbons (Fsp3) is 0.167. The van der Waals surface area contributed by atoms with Gasteiger partial charge in [-0.25, -0.2) is 23.5 Å². The van der Waals surface area contributed by atoms with E-state index >= 15 is 0 Å². The van der Waals surface area contributed by atoms with Crippen LogP contribution in [-0.4, -0.2) is 18.4 Å². The summed E-state index contributed by atoms with van der Waals surface area (Å²) in [6, 6.07) is 20.6. The highest BCUT2D eigenvalue weighted by Gasteiger charge is 2.18. The van der Waals surface area contributed by atoms with E-state index in [0.29, 0.717) is 22.8 Å². The third kappa shape index (κ3) is 5.57. The van der Waals surface area contributed by atoms with Crippen LogP contribution in [0.25, 0.3) is 11.3 Å². The lowest BCUT2D eigenvalue weighted by atomic mass is 10.1. The topological polar surface area (TPSA) is 107 Å². The van der Waals surface area contributed by atoms with Gasteiger partial charge in [-0.1, -0.05) is 60.7 Å². The van der Waals surface area contributed by atoms with Crippen molar-refractivity contribution in [1.82, 2.24) is 9.97 Å². The summed E-state index contributed by atoms with van der Waals surface area (Å²) in [5, 5.41) is 9.40. The zero-order valence-electron chi connectivity index (χ0n) is 18.2. The summed E-state index contributed by atoms with van der Waals surface area (Å²) in [6.07, 6.45) is 2.47. The summed E-state index contributed by atoms with van der Waals surface area (Å²) in [6.45, 7) is 3.63. The predicted molar refractivity (Wildman–Crippen MR) is 132 cm³/mol. The molecule has 0 spiro atoms. The molecule has 4 aromatic rings. The second kappa shape index (κ2) is 9.70. The number of primary sulfonamides is 1. The van der Waals surface area contributed by atoms with Crippen LogP contribution in [0.2, 0.25) is 0 Å². The minimum absolute atomic E-state index is 0.564. The lowest BCUT2D eigenvalue weighted by Gasteiger charge is -2.12. The molecular weight excluding hydrogens is 456 g/mol. The highest BCUT2D eigenvalue weighted by Crippen LogP contribution is 2.39. The molecule has 0 bridgehead atoms. The van der Waals surface area contributed by atoms with Gasteiger partial charge in [0.25, 0.3) is 0 Å². The summed E-state index contributed by atoms with van der Waals surface area (Å²) < 4.78 is 29.6. The van der Waals surface area contributed by atoms with Crippen molar-refractivity contribution in [2.24, 2.45) is 5.14 Å². The van der Waals surface area contributed by atoms with Crippen LogP contribution in [0.1, 0.15) is 29.7 Å². The highest BCUT2D eigenvalue weighted by molar-refractivity contribution is 7.89. The maximum Gasteiger partial charge on any atom is 0.215 e. The molecule has 2 aromatic heterocycles. The molecule has 33 heavy (non-hydrogen) atoms. The van der Waals surface area contributed by atoms with E-state index in [9.17, 15) is 8.42 Å². The Balaban J connectivity index is 1.57. The maximum atomic E-state index is 11.7. The van der Waals surface area contributed by atoms with E-state index in [1.807, 2.05) is 36.4 Å². The molecule has 0 amide bonds. The van der Waals surface area contributed by atoms with Gasteiger partial charge in [0.05, 0.1) is 10.3 Å². The fourth-order valence-corrected chi connectivity index (χ4v) is 4.62. The Morgan fingerprint density at radius 1 is 1.09 bits per heavy atom. The largest absolute Gasteiger partial charge is 0.444 e. The molecule has 0 aliphatic rings. The Labute approximate surface area is 197 Å². The van der Waals surface area contributed by atoms with Gasteiger partial charge in [0.15, 0.2) is 0 Å². The number of nitrogens with two attached hydrogens (primary N) is 1. The average molecular weight is 481 g/mol. The summed E-state index contributed by atoms with van der Waals surface area (Å²) in [5.41, 5.74) is 3.10. The molecule has 0 aliphatic heterocycles. The molecule has 0 radical (unpaired) electrons. The van der Waals surface area contributed by atoms with Crippen molar-refractivity contribution in [2.45, 2.75) is 25.5 Å². The molecule has 1 atom stereocenters. The van der Waals surface area contributed by atoms with Crippen molar-refractivity contribution >= 4 is 32.9 Å². The first-order chi connectivity index (χ1) is 15.8. The lowest BCUT2D eigenvalue weighted by Crippen LogP contribution is -2.19. The van der Waals surface area contributed by atoms with Gasteiger partial charge in [-0.2, -0.15) is 0 Å². The van der Waals surface area contributed by atoms with E-state index in [0.717, 1.165) is 27.7 Å². The van der Waals surface area contributed by atoms with Crippen LogP contribution >= 0.6 is 11.3 Å². The standard InChI is InChI=1S/C24H24N4O3S2/c1-3-22-28-23(17-8-5-4-6-9-17)24(32-22)31-20-12-13-26-21(15-20)27-19-11-7-10-18(14-19)16(2)33(25,29)30/h4-16H,3H2,1-2H3,(H,26,27)(H2,25,29,30). The van der Waals surface area contributed by atoms with Crippen molar-refractivity contribution < 1.29 is 13.2 Å². The number of nitrogens with zero attached hydrogens (tertiary/aromatic N) is 2. The Morgan fingerprint density at radius 3 is 2.61 bits per heavy atom. The predicted octanol–water partition coefficient (Wildman–Crippen LogP) is 5.65. The third-order valence-corrected chi connectivity index (χ3v) is 7.39. The monoisotopic (exact) mass is 480 g/mol. The quantitative estimate of drug-likeness (QED) is 0.337. The minimum atomic E-state index is -3.68. The number of anilines is 2. The smallest absolute Gasteiger partial charge is 0.215 e. The first-order valence-corrected chi connectivity index (χ1v) is 12.8. The van der Waals surface area contributed by atoms with E-state index in [-0.39, 0.29) is 0 Å². The molecule has 1 unspecified atom stereocenters. The molecule has 9 heteroatoms. The summed E-state index contributed by atoms with van der Waals surface area (Å²) in [7, 11) is -3.68. The second-order valence-electron chi connectivity index (χ2n) is 7.42. The maximum absolute atomic E-state index is 11.7. The van der Waals surface area contributed by atoms with E-state index in [4.69, 9.17) is 14.9 Å². The van der Waals surface area contributed by atoms with E-state index in [1.54, 1.807) is 43.5 Å². The third-order valence-electron chi connectivity index (χ3n) is 5.05. The zero-order chi connectivity index (χ0) is 23.4. The molecule has 2 heterocycles. The molecule has 2 aromatic carbocycles. The minimum Gasteiger partial charge on any atom is -0.444 e. The highest BCUT2D eigenvalue weighted by atomic mass is 32.2. The molecule has 170 valence electrons. The fourth-order valence-electron chi connectivity index (χ4n) is 3.20. The summed E-state index contributed by atoms with van der Waals surface area (Å²) in [5.74, 6) is 1.18. The van der Waals surface area contributed by atoms with E-state index < -0.39 is 15.3 Å². The van der Waals surface area contributed by atoms with E-state index in [2.05, 4.69) is 17.2 Å². The van der Waals surface area contributed by atoms with Gasteiger partial charge in [0, 0.05) is 23.5 Å². The Kier molecular flexibility index (Phi) is 6.73. The van der Waals surface area contributed by atoms with Crippen molar-refractivity contribution in [3.05, 3.63) is 83.5 Å². The van der Waals surface area contributed by atoms with Crippen LogP contribution in [0.15, 0.2) is 72.9 Å². The number of hydrogen-bond acceptors (Lipinski definition) is 7. The number of aromatic nitrogens is 2. The van der Waals surface area contributed by atoms with Gasteiger partial charge in [-0.3, -0.25) is 0 Å². The number of ether oxygens (including phenoxy) is 1. The van der Waals surface area contributed by atoms with Gasteiger partial charge < -0.3 is 10.1 Å². The molecule has 0 fully saturated rings. The van der Waals surface area contributed by atoms with Crippen molar-refractivity contribution in [2.75, 3.05) is 5.32 Å². The van der Waals surface area contributed by atoms with Gasteiger partial charge in [-0.15, -0.1) is 0 Å².